The average Bonchev–Trinajstić information content (AvgIpc) is 2.81. The van der Waals surface area contributed by atoms with Gasteiger partial charge in [-0.25, -0.2) is 0 Å². The van der Waals surface area contributed by atoms with Crippen molar-refractivity contribution in [1.29, 1.82) is 0 Å². The molecule has 0 bridgehead atoms. The molecule has 0 heterocycles. The average molecular weight is 505 g/mol. The number of ether oxygens (including phenoxy) is 1. The van der Waals surface area contributed by atoms with Crippen LogP contribution in [0.3, 0.4) is 0 Å². The van der Waals surface area contributed by atoms with E-state index < -0.39 is 0 Å². The molecule has 2 N–H and O–H groups in total. The van der Waals surface area contributed by atoms with Crippen LogP contribution in [-0.2, 0) is 12.8 Å². The van der Waals surface area contributed by atoms with E-state index in [1.54, 1.807) is 0 Å². The van der Waals surface area contributed by atoms with Crippen LogP contribution in [-0.4, -0.2) is 18.4 Å². The standard InChI is InChI=1S/C27H27Cl2NO2.ClH/c28-24-12-8-18(16-25(24)29)15-23-22-17-21(11-9-19(22)10-13-26(23)30)32-14-4-7-27(31)20-5-2-1-3-6-20;/h1-3,5-6,8-9,11-12,16-17,23,26H,4,7,10,13-15,30H2;1H. The zero-order chi connectivity index (χ0) is 22.5. The smallest absolute Gasteiger partial charge is 0.163 e. The van der Waals surface area contributed by atoms with Crippen LogP contribution in [0.2, 0.25) is 10.0 Å². The maximum absolute atomic E-state index is 12.3. The fraction of sp³-hybridized carbons (Fsp3) is 0.296. The summed E-state index contributed by atoms with van der Waals surface area (Å²) in [4.78, 5) is 12.3. The van der Waals surface area contributed by atoms with E-state index in [0.717, 1.165) is 36.1 Å². The molecule has 6 heteroatoms. The largest absolute Gasteiger partial charge is 0.494 e. The maximum atomic E-state index is 12.3. The van der Waals surface area contributed by atoms with E-state index in [4.69, 9.17) is 33.7 Å². The van der Waals surface area contributed by atoms with Crippen LogP contribution in [0.15, 0.2) is 66.7 Å². The first-order valence-electron chi connectivity index (χ1n) is 11.0. The highest BCUT2D eigenvalue weighted by Crippen LogP contribution is 2.36. The second-order valence-electron chi connectivity index (χ2n) is 8.36. The predicted octanol–water partition coefficient (Wildman–Crippen LogP) is 7.06. The van der Waals surface area contributed by atoms with Gasteiger partial charge in [0.25, 0.3) is 0 Å². The first-order valence-corrected chi connectivity index (χ1v) is 11.8. The van der Waals surface area contributed by atoms with Crippen LogP contribution in [0.4, 0.5) is 0 Å². The minimum Gasteiger partial charge on any atom is -0.494 e. The zero-order valence-electron chi connectivity index (χ0n) is 18.3. The van der Waals surface area contributed by atoms with Gasteiger partial charge in [-0.05, 0) is 66.6 Å². The Hall–Kier alpha value is -2.04. The fourth-order valence-corrected chi connectivity index (χ4v) is 4.68. The molecule has 2 unspecified atom stereocenters. The molecule has 0 fully saturated rings. The highest BCUT2D eigenvalue weighted by atomic mass is 35.5. The molecule has 0 aliphatic heterocycles. The van der Waals surface area contributed by atoms with Gasteiger partial charge in [-0.15, -0.1) is 12.4 Å². The number of ketones is 1. The van der Waals surface area contributed by atoms with Crippen LogP contribution >= 0.6 is 35.6 Å². The molecule has 174 valence electrons. The molecule has 0 radical (unpaired) electrons. The zero-order valence-corrected chi connectivity index (χ0v) is 20.6. The topological polar surface area (TPSA) is 52.3 Å². The molecular weight excluding hydrogens is 477 g/mol. The number of benzene rings is 3. The Labute approximate surface area is 211 Å². The quantitative estimate of drug-likeness (QED) is 0.264. The van der Waals surface area contributed by atoms with E-state index in [1.165, 1.54) is 11.1 Å². The summed E-state index contributed by atoms with van der Waals surface area (Å²) in [6, 6.07) is 21.5. The number of carbonyl (C=O) groups excluding carboxylic acids is 1. The third-order valence-electron chi connectivity index (χ3n) is 6.13. The summed E-state index contributed by atoms with van der Waals surface area (Å²) in [5, 5.41) is 1.13. The highest BCUT2D eigenvalue weighted by molar-refractivity contribution is 6.42. The number of fused-ring (bicyclic) bond motifs is 1. The van der Waals surface area contributed by atoms with Gasteiger partial charge in [0, 0.05) is 23.9 Å². The molecule has 3 nitrogen and oxygen atoms in total. The van der Waals surface area contributed by atoms with Gasteiger partial charge < -0.3 is 10.5 Å². The number of aryl methyl sites for hydroxylation is 1. The summed E-state index contributed by atoms with van der Waals surface area (Å²) in [6.45, 7) is 0.501. The molecule has 0 amide bonds. The van der Waals surface area contributed by atoms with Gasteiger partial charge in [0.05, 0.1) is 16.7 Å². The van der Waals surface area contributed by atoms with Crippen LogP contribution in [0.25, 0.3) is 0 Å². The monoisotopic (exact) mass is 503 g/mol. The molecule has 1 aliphatic carbocycles. The fourth-order valence-electron chi connectivity index (χ4n) is 4.36. The Balaban J connectivity index is 0.00000306. The van der Waals surface area contributed by atoms with Crippen LogP contribution in [0.1, 0.15) is 52.2 Å². The Kier molecular flexibility index (Phi) is 9.22. The molecule has 33 heavy (non-hydrogen) atoms. The van der Waals surface area contributed by atoms with Gasteiger partial charge in [-0.3, -0.25) is 4.79 Å². The number of nitrogens with two attached hydrogens (primary N) is 1. The van der Waals surface area contributed by atoms with Gasteiger partial charge in [0.15, 0.2) is 5.78 Å². The van der Waals surface area contributed by atoms with E-state index in [0.29, 0.717) is 29.5 Å². The van der Waals surface area contributed by atoms with E-state index in [2.05, 4.69) is 12.1 Å². The maximum Gasteiger partial charge on any atom is 0.163 e. The number of hydrogen-bond donors (Lipinski definition) is 1. The van der Waals surface area contributed by atoms with Crippen molar-refractivity contribution in [3.05, 3.63) is 99.0 Å². The number of halogens is 3. The van der Waals surface area contributed by atoms with Crippen LogP contribution < -0.4 is 10.5 Å². The molecule has 3 aromatic carbocycles. The van der Waals surface area contributed by atoms with E-state index in [9.17, 15) is 4.79 Å². The van der Waals surface area contributed by atoms with Crippen molar-refractivity contribution < 1.29 is 9.53 Å². The van der Waals surface area contributed by atoms with E-state index in [-0.39, 0.29) is 30.2 Å². The molecule has 4 rings (SSSR count). The molecule has 1 aliphatic rings. The summed E-state index contributed by atoms with van der Waals surface area (Å²) in [6.07, 6.45) is 3.89. The normalized spacial score (nSPS) is 17.1. The van der Waals surface area contributed by atoms with E-state index in [1.807, 2.05) is 54.6 Å². The number of hydrogen-bond acceptors (Lipinski definition) is 3. The number of rotatable bonds is 8. The third kappa shape index (κ3) is 6.51. The lowest BCUT2D eigenvalue weighted by Gasteiger charge is -2.32. The minimum absolute atomic E-state index is 0. The van der Waals surface area contributed by atoms with E-state index >= 15 is 0 Å². The van der Waals surface area contributed by atoms with Gasteiger partial charge in [-0.2, -0.15) is 0 Å². The van der Waals surface area contributed by atoms with Gasteiger partial charge in [0.2, 0.25) is 0 Å². The Morgan fingerprint density at radius 3 is 2.55 bits per heavy atom. The van der Waals surface area contributed by atoms with Crippen molar-refractivity contribution in [2.75, 3.05) is 6.61 Å². The second-order valence-corrected chi connectivity index (χ2v) is 9.18. The van der Waals surface area contributed by atoms with Crippen LogP contribution in [0.5, 0.6) is 5.75 Å². The summed E-state index contributed by atoms with van der Waals surface area (Å²) in [5.74, 6) is 1.16. The summed E-state index contributed by atoms with van der Waals surface area (Å²) in [5.41, 5.74) is 11.0. The van der Waals surface area contributed by atoms with Gasteiger partial charge in [0.1, 0.15) is 5.75 Å². The Morgan fingerprint density at radius 1 is 1.00 bits per heavy atom. The lowest BCUT2D eigenvalue weighted by molar-refractivity contribution is 0.0973. The predicted molar refractivity (Wildman–Crippen MR) is 138 cm³/mol. The van der Waals surface area contributed by atoms with Crippen molar-refractivity contribution in [1.82, 2.24) is 0 Å². The molecular formula is C27H28Cl3NO2. The lowest BCUT2D eigenvalue weighted by atomic mass is 9.76. The number of carbonyl (C=O) groups is 1. The molecule has 0 aromatic heterocycles. The second kappa shape index (κ2) is 11.9. The third-order valence-corrected chi connectivity index (χ3v) is 6.87. The Morgan fingerprint density at radius 2 is 1.79 bits per heavy atom. The molecule has 0 saturated heterocycles. The van der Waals surface area contributed by atoms with Crippen molar-refractivity contribution in [3.8, 4) is 5.75 Å². The molecule has 2 atom stereocenters. The summed E-state index contributed by atoms with van der Waals surface area (Å²) < 4.78 is 6.00. The highest BCUT2D eigenvalue weighted by Gasteiger charge is 2.28. The first kappa shape index (κ1) is 25.6. The summed E-state index contributed by atoms with van der Waals surface area (Å²) in [7, 11) is 0. The lowest BCUT2D eigenvalue weighted by Crippen LogP contribution is -2.34. The van der Waals surface area contributed by atoms with Crippen LogP contribution in [0, 0.1) is 0 Å². The van der Waals surface area contributed by atoms with Gasteiger partial charge in [-0.1, -0.05) is 65.7 Å². The first-order chi connectivity index (χ1) is 15.5. The van der Waals surface area contributed by atoms with Gasteiger partial charge >= 0.3 is 0 Å². The number of Topliss-reactive ketones (excluding diaryl/α,β-unsaturated/α-hetero) is 1. The minimum atomic E-state index is 0. The SMILES string of the molecule is Cl.NC1CCc2ccc(OCCCC(=O)c3ccccc3)cc2C1Cc1ccc(Cl)c(Cl)c1. The van der Waals surface area contributed by atoms with Crippen molar-refractivity contribution in [3.63, 3.8) is 0 Å². The van der Waals surface area contributed by atoms with Crippen molar-refractivity contribution in [2.45, 2.75) is 44.1 Å². The molecule has 0 saturated carbocycles. The molecule has 3 aromatic rings. The molecule has 0 spiro atoms. The Bertz CT molecular complexity index is 1090. The summed E-state index contributed by atoms with van der Waals surface area (Å²) >= 11 is 12.3. The van der Waals surface area contributed by atoms with Crippen molar-refractivity contribution in [2.24, 2.45) is 5.73 Å². The van der Waals surface area contributed by atoms with Crippen molar-refractivity contribution >= 4 is 41.4 Å².